The van der Waals surface area contributed by atoms with Gasteiger partial charge in [0.2, 0.25) is 0 Å². The van der Waals surface area contributed by atoms with Crippen LogP contribution in [-0.2, 0) is 30.9 Å². The van der Waals surface area contributed by atoms with Gasteiger partial charge in [-0.25, -0.2) is 15.4 Å². The Kier molecular flexibility index (Phi) is 14.3. The fourth-order valence-corrected chi connectivity index (χ4v) is 0. The van der Waals surface area contributed by atoms with Gasteiger partial charge in [-0.15, -0.1) is 0 Å². The van der Waals surface area contributed by atoms with E-state index in [0.29, 0.717) is 0 Å². The Morgan fingerprint density at radius 2 is 0.562 bits per heavy atom. The van der Waals surface area contributed by atoms with Gasteiger partial charge < -0.3 is 0 Å². The first-order chi connectivity index (χ1) is 6.00. The molecule has 0 aliphatic heterocycles. The second kappa shape index (κ2) is 9.11. The molecule has 16 heavy (non-hydrogen) atoms. The third-order valence-corrected chi connectivity index (χ3v) is 0. The van der Waals surface area contributed by atoms with Gasteiger partial charge in [0.25, 0.3) is 0 Å². The van der Waals surface area contributed by atoms with Crippen LogP contribution in [0.15, 0.2) is 0 Å². The maximum Gasteiger partial charge on any atom is 0.330 e. The van der Waals surface area contributed by atoms with Crippen molar-refractivity contribution < 1.29 is 38.9 Å². The van der Waals surface area contributed by atoms with Gasteiger partial charge in [-0.05, 0) is 0 Å². The van der Waals surface area contributed by atoms with Crippen molar-refractivity contribution in [2.24, 2.45) is 15.4 Å². The fraction of sp³-hybridized carbons (Fsp3) is 0. The maximum absolute atomic E-state index is 8.97. The summed E-state index contributed by atoms with van der Waals surface area (Å²) in [6.45, 7) is 0. The second-order valence-corrected chi connectivity index (χ2v) is 4.63. The third-order valence-electron chi connectivity index (χ3n) is 0. The van der Waals surface area contributed by atoms with Crippen LogP contribution in [0.3, 0.4) is 0 Å². The van der Waals surface area contributed by atoms with E-state index in [9.17, 15) is 0 Å². The summed E-state index contributed by atoms with van der Waals surface area (Å²) >= 11 is 0. The summed E-state index contributed by atoms with van der Waals surface area (Å²) in [5.74, 6) is 0. The average molecular weight is 325 g/mol. The average Bonchev–Trinajstić information content (AvgIpc) is 1.41. The first-order valence-electron chi connectivity index (χ1n) is 2.25. The zero-order valence-corrected chi connectivity index (χ0v) is 11.3. The Labute approximate surface area is 95.4 Å². The molecule has 0 radical (unpaired) electrons. The van der Waals surface area contributed by atoms with E-state index >= 15 is 0 Å². The molecule has 0 fully saturated rings. The molecule has 0 amide bonds. The van der Waals surface area contributed by atoms with Gasteiger partial charge in [0.05, 0.1) is 0 Å². The Bertz CT molecular complexity index is 347. The minimum atomic E-state index is -4.17. The number of rotatable bonds is 0. The summed E-state index contributed by atoms with van der Waals surface area (Å²) in [7, 11) is -12.5. The molecule has 16 heteroatoms. The summed E-state index contributed by atoms with van der Waals surface area (Å²) in [6.07, 6.45) is 0. The summed E-state index contributed by atoms with van der Waals surface area (Å²) in [5, 5.41) is 11.6. The highest BCUT2D eigenvalue weighted by molar-refractivity contribution is 7.83. The molecule has 0 heterocycles. The standard InChI is InChI=1S/3H3NO3S.H3P/c3*1-5(2,3)4;/h3*(H3,1,2,3,4);1H3. The molecule has 0 aliphatic rings. The summed E-state index contributed by atoms with van der Waals surface area (Å²) in [5.41, 5.74) is 0. The molecule has 0 saturated heterocycles. The first kappa shape index (κ1) is 25.0. The van der Waals surface area contributed by atoms with E-state index in [1.165, 1.54) is 0 Å². The van der Waals surface area contributed by atoms with Crippen LogP contribution in [-0.4, -0.2) is 38.9 Å². The van der Waals surface area contributed by atoms with Crippen molar-refractivity contribution in [1.29, 1.82) is 0 Å². The lowest BCUT2D eigenvalue weighted by atomic mass is 13.9. The van der Waals surface area contributed by atoms with Crippen LogP contribution in [0.25, 0.3) is 0 Å². The van der Waals surface area contributed by atoms with Gasteiger partial charge in [-0.1, -0.05) is 0 Å². The van der Waals surface area contributed by atoms with Gasteiger partial charge in [0, 0.05) is 0 Å². The molecule has 0 aromatic heterocycles. The van der Waals surface area contributed by atoms with E-state index in [2.05, 4.69) is 15.4 Å². The third kappa shape index (κ3) is 1490000. The Hall–Kier alpha value is 0.0400. The van der Waals surface area contributed by atoms with Gasteiger partial charge >= 0.3 is 30.9 Å². The molecule has 104 valence electrons. The van der Waals surface area contributed by atoms with E-state index in [1.807, 2.05) is 0 Å². The minimum Gasteiger partial charge on any atom is -0.274 e. The van der Waals surface area contributed by atoms with Crippen LogP contribution in [0.1, 0.15) is 0 Å². The fourth-order valence-electron chi connectivity index (χ4n) is 0. The van der Waals surface area contributed by atoms with Crippen LogP contribution < -0.4 is 15.4 Å². The summed E-state index contributed by atoms with van der Waals surface area (Å²) < 4.78 is 75.6. The van der Waals surface area contributed by atoms with Gasteiger partial charge in [0.15, 0.2) is 0 Å². The van der Waals surface area contributed by atoms with Crippen molar-refractivity contribution in [1.82, 2.24) is 0 Å². The highest BCUT2D eigenvalue weighted by Gasteiger charge is 1.82. The van der Waals surface area contributed by atoms with E-state index < -0.39 is 30.9 Å². The molecule has 9 N–H and O–H groups in total. The molecule has 0 bridgehead atoms. The van der Waals surface area contributed by atoms with Crippen LogP contribution in [0, 0.1) is 0 Å². The monoisotopic (exact) mass is 325 g/mol. The lowest BCUT2D eigenvalue weighted by Gasteiger charge is -1.70. The number of hydrogen-bond acceptors (Lipinski definition) is 6. The van der Waals surface area contributed by atoms with Crippen molar-refractivity contribution in [3.63, 3.8) is 0 Å². The quantitative estimate of drug-likeness (QED) is 0.189. The topological polar surface area (TPSA) is 241 Å². The molecule has 1 unspecified atom stereocenters. The van der Waals surface area contributed by atoms with E-state index in [1.54, 1.807) is 0 Å². The van der Waals surface area contributed by atoms with Crippen molar-refractivity contribution in [3.8, 4) is 0 Å². The minimum absolute atomic E-state index is 0. The molecular weight excluding hydrogens is 313 g/mol. The smallest absolute Gasteiger partial charge is 0.274 e. The summed E-state index contributed by atoms with van der Waals surface area (Å²) in [4.78, 5) is 0. The lowest BCUT2D eigenvalue weighted by molar-refractivity contribution is 0.482. The number of hydrogen-bond donors (Lipinski definition) is 6. The molecular formula is H12N3O9PS3. The highest BCUT2D eigenvalue weighted by Crippen LogP contribution is 1.51. The van der Waals surface area contributed by atoms with E-state index in [-0.39, 0.29) is 9.90 Å². The predicted molar refractivity (Wildman–Crippen MR) is 58.3 cm³/mol. The van der Waals surface area contributed by atoms with Crippen molar-refractivity contribution in [3.05, 3.63) is 0 Å². The normalized spacial score (nSPS) is 10.9. The van der Waals surface area contributed by atoms with Crippen LogP contribution in [0.2, 0.25) is 0 Å². The Morgan fingerprint density at radius 3 is 0.562 bits per heavy atom. The van der Waals surface area contributed by atoms with Gasteiger partial charge in [0.1, 0.15) is 0 Å². The Morgan fingerprint density at radius 1 is 0.562 bits per heavy atom. The first-order valence-corrected chi connectivity index (χ1v) is 6.76. The molecule has 12 nitrogen and oxygen atoms in total. The van der Waals surface area contributed by atoms with Crippen LogP contribution >= 0.6 is 9.90 Å². The van der Waals surface area contributed by atoms with Crippen molar-refractivity contribution in [2.75, 3.05) is 0 Å². The zero-order chi connectivity index (χ0) is 13.5. The molecule has 1 atom stereocenters. The van der Waals surface area contributed by atoms with Crippen molar-refractivity contribution >= 4 is 40.8 Å². The molecule has 0 saturated carbocycles. The zero-order valence-electron chi connectivity index (χ0n) is 7.46. The molecule has 0 spiro atoms. The molecule has 0 aliphatic carbocycles. The van der Waals surface area contributed by atoms with Crippen LogP contribution in [0.4, 0.5) is 0 Å². The Balaban J connectivity index is -0.0000000655. The second-order valence-electron chi connectivity index (χ2n) is 1.54. The lowest BCUT2D eigenvalue weighted by Crippen LogP contribution is -2.08. The SMILES string of the molecule is NS(=O)(=O)O.NS(=O)(=O)O.NS(=O)(=O)O.P. The van der Waals surface area contributed by atoms with E-state index in [0.717, 1.165) is 0 Å². The number of nitrogens with two attached hydrogens (primary N) is 3. The van der Waals surface area contributed by atoms with Crippen molar-refractivity contribution in [2.45, 2.75) is 0 Å². The molecule has 0 aromatic carbocycles. The maximum atomic E-state index is 8.97. The predicted octanol–water partition coefficient (Wildman–Crippen LogP) is -3.70. The molecule has 0 aromatic rings. The highest BCUT2D eigenvalue weighted by atomic mass is 32.2. The van der Waals surface area contributed by atoms with Gasteiger partial charge in [-0.2, -0.15) is 35.2 Å². The summed E-state index contributed by atoms with van der Waals surface area (Å²) in [6, 6.07) is 0. The van der Waals surface area contributed by atoms with Crippen LogP contribution in [0.5, 0.6) is 0 Å². The largest absolute Gasteiger partial charge is 0.330 e. The van der Waals surface area contributed by atoms with E-state index in [4.69, 9.17) is 38.9 Å². The van der Waals surface area contributed by atoms with Gasteiger partial charge in [-0.3, -0.25) is 13.7 Å². The molecule has 0 rings (SSSR count).